The van der Waals surface area contributed by atoms with E-state index in [-0.39, 0.29) is 11.4 Å². The average Bonchev–Trinajstić information content (AvgIpc) is 3.45. The number of aromatic nitrogens is 1. The van der Waals surface area contributed by atoms with Gasteiger partial charge in [-0.1, -0.05) is 24.3 Å². The molecule has 0 saturated heterocycles. The van der Waals surface area contributed by atoms with Gasteiger partial charge in [0.25, 0.3) is 0 Å². The van der Waals surface area contributed by atoms with Crippen molar-refractivity contribution in [2.24, 2.45) is 5.92 Å². The summed E-state index contributed by atoms with van der Waals surface area (Å²) in [5.74, 6) is 3.99. The highest BCUT2D eigenvalue weighted by atomic mass is 32.1. The molecule has 1 aromatic heterocycles. The molecular weight excluding hydrogens is 380 g/mol. The van der Waals surface area contributed by atoms with Crippen molar-refractivity contribution in [3.8, 4) is 18.4 Å². The highest BCUT2D eigenvalue weighted by Gasteiger charge is 2.45. The Kier molecular flexibility index (Phi) is 5.56. The van der Waals surface area contributed by atoms with E-state index in [1.54, 1.807) is 5.38 Å². The molecule has 2 aliphatic rings. The summed E-state index contributed by atoms with van der Waals surface area (Å²) < 4.78 is 0. The summed E-state index contributed by atoms with van der Waals surface area (Å²) in [5.41, 5.74) is 2.33. The fourth-order valence-electron chi connectivity index (χ4n) is 4.18. The molecule has 2 fully saturated rings. The predicted octanol–water partition coefficient (Wildman–Crippen LogP) is 4.78. The van der Waals surface area contributed by atoms with Crippen molar-refractivity contribution in [3.63, 3.8) is 0 Å². The topological polar surface area (TPSA) is 77.8 Å². The minimum Gasteiger partial charge on any atom is -0.338 e. The van der Waals surface area contributed by atoms with Crippen molar-refractivity contribution in [1.82, 2.24) is 10.3 Å². The molecule has 2 aliphatic carbocycles. The Balaban J connectivity index is 1.25. The van der Waals surface area contributed by atoms with Gasteiger partial charge in [-0.25, -0.2) is 9.78 Å². The molecule has 0 unspecified atom stereocenters. The van der Waals surface area contributed by atoms with E-state index < -0.39 is 0 Å². The highest BCUT2D eigenvalue weighted by Crippen LogP contribution is 2.48. The molecule has 0 atom stereocenters. The SMILES string of the molecule is C#Cc1nc(NC(=O)NCC2CCC(c3cccc(C4(C#N)CC4)c3)CC2)cs1. The molecule has 0 bridgehead atoms. The Morgan fingerprint density at radius 1 is 1.31 bits per heavy atom. The molecule has 2 amide bonds. The first-order chi connectivity index (χ1) is 14.1. The standard InChI is InChI=1S/C23H24N4OS/c1-2-21-26-20(14-29-21)27-22(28)25-13-16-6-8-17(9-7-16)18-4-3-5-19(12-18)23(15-24)10-11-23/h1,3-5,12,14,16-17H,6-11,13H2,(H2,25,27,28). The lowest BCUT2D eigenvalue weighted by molar-refractivity contribution is 0.246. The van der Waals surface area contributed by atoms with Gasteiger partial charge in [-0.3, -0.25) is 5.32 Å². The van der Waals surface area contributed by atoms with Crippen LogP contribution < -0.4 is 10.6 Å². The molecular formula is C23H24N4OS. The molecule has 148 valence electrons. The minimum atomic E-state index is -0.236. The normalized spacial score (nSPS) is 22.1. The van der Waals surface area contributed by atoms with Crippen molar-refractivity contribution in [3.05, 3.63) is 45.8 Å². The van der Waals surface area contributed by atoms with Crippen molar-refractivity contribution < 1.29 is 4.79 Å². The Hall–Kier alpha value is -2.83. The van der Waals surface area contributed by atoms with E-state index in [2.05, 4.69) is 51.9 Å². The lowest BCUT2D eigenvalue weighted by Gasteiger charge is -2.29. The van der Waals surface area contributed by atoms with Crippen LogP contribution in [0, 0.1) is 29.6 Å². The van der Waals surface area contributed by atoms with Crippen LogP contribution in [0.15, 0.2) is 29.6 Å². The van der Waals surface area contributed by atoms with E-state index in [0.29, 0.717) is 29.2 Å². The third-order valence-corrected chi connectivity index (χ3v) is 6.92. The summed E-state index contributed by atoms with van der Waals surface area (Å²) in [5, 5.41) is 17.4. The molecule has 0 radical (unpaired) electrons. The zero-order valence-corrected chi connectivity index (χ0v) is 17.1. The number of nitrogens with one attached hydrogen (secondary N) is 2. The predicted molar refractivity (Wildman–Crippen MR) is 115 cm³/mol. The van der Waals surface area contributed by atoms with Crippen LogP contribution in [0.3, 0.4) is 0 Å². The number of thiazole rings is 1. The third kappa shape index (κ3) is 4.44. The number of urea groups is 1. The minimum absolute atomic E-state index is 0.219. The number of nitriles is 1. The molecule has 1 heterocycles. The summed E-state index contributed by atoms with van der Waals surface area (Å²) in [4.78, 5) is 16.2. The maximum Gasteiger partial charge on any atom is 0.320 e. The van der Waals surface area contributed by atoms with E-state index in [4.69, 9.17) is 6.42 Å². The molecule has 5 nitrogen and oxygen atoms in total. The van der Waals surface area contributed by atoms with E-state index >= 15 is 0 Å². The summed E-state index contributed by atoms with van der Waals surface area (Å²) in [6, 6.07) is 10.9. The van der Waals surface area contributed by atoms with Gasteiger partial charge in [-0.2, -0.15) is 5.26 Å². The first-order valence-electron chi connectivity index (χ1n) is 10.1. The lowest BCUT2D eigenvalue weighted by Crippen LogP contribution is -2.34. The number of anilines is 1. The quantitative estimate of drug-likeness (QED) is 0.704. The third-order valence-electron chi connectivity index (χ3n) is 6.14. The molecule has 2 aromatic rings. The number of hydrogen-bond acceptors (Lipinski definition) is 4. The fraction of sp³-hybridized carbons (Fsp3) is 0.435. The number of rotatable bonds is 5. The van der Waals surface area contributed by atoms with Crippen molar-refractivity contribution in [1.29, 1.82) is 5.26 Å². The Bertz CT molecular complexity index is 971. The molecule has 0 aliphatic heterocycles. The highest BCUT2D eigenvalue weighted by molar-refractivity contribution is 7.10. The van der Waals surface area contributed by atoms with E-state index in [0.717, 1.165) is 38.5 Å². The summed E-state index contributed by atoms with van der Waals surface area (Å²) in [6.07, 6.45) is 11.7. The Morgan fingerprint density at radius 2 is 2.10 bits per heavy atom. The van der Waals surface area contributed by atoms with Crippen molar-refractivity contribution in [2.75, 3.05) is 11.9 Å². The number of hydrogen-bond donors (Lipinski definition) is 2. The van der Waals surface area contributed by atoms with Gasteiger partial charge in [0.05, 0.1) is 11.5 Å². The van der Waals surface area contributed by atoms with E-state index in [9.17, 15) is 10.1 Å². The van der Waals surface area contributed by atoms with Gasteiger partial charge in [0.15, 0.2) is 5.01 Å². The molecule has 2 saturated carbocycles. The van der Waals surface area contributed by atoms with Gasteiger partial charge >= 0.3 is 6.03 Å². The van der Waals surface area contributed by atoms with Crippen LogP contribution in [0.4, 0.5) is 10.6 Å². The first kappa shape index (κ1) is 19.5. The Morgan fingerprint density at radius 3 is 2.76 bits per heavy atom. The second kappa shape index (κ2) is 8.27. The monoisotopic (exact) mass is 404 g/mol. The molecule has 0 spiro atoms. The largest absolute Gasteiger partial charge is 0.338 e. The van der Waals surface area contributed by atoms with E-state index in [1.165, 1.54) is 22.5 Å². The number of amides is 2. The smallest absolute Gasteiger partial charge is 0.320 e. The molecule has 2 N–H and O–H groups in total. The van der Waals surface area contributed by atoms with Crippen LogP contribution in [0.1, 0.15) is 60.6 Å². The van der Waals surface area contributed by atoms with E-state index in [1.807, 2.05) is 0 Å². The first-order valence-corrected chi connectivity index (χ1v) is 11.0. The molecule has 29 heavy (non-hydrogen) atoms. The number of terminal acetylenes is 1. The average molecular weight is 405 g/mol. The maximum absolute atomic E-state index is 12.1. The Labute approximate surface area is 175 Å². The van der Waals surface area contributed by atoms with Crippen LogP contribution in [0.5, 0.6) is 0 Å². The zero-order valence-electron chi connectivity index (χ0n) is 16.3. The van der Waals surface area contributed by atoms with Gasteiger partial charge in [-0.15, -0.1) is 17.8 Å². The van der Waals surface area contributed by atoms with Gasteiger partial charge in [0, 0.05) is 11.9 Å². The maximum atomic E-state index is 12.1. The number of carbonyl (C=O) groups is 1. The van der Waals surface area contributed by atoms with Gasteiger partial charge in [-0.05, 0) is 67.4 Å². The van der Waals surface area contributed by atoms with Gasteiger partial charge in [0.1, 0.15) is 5.82 Å². The molecule has 1 aromatic carbocycles. The number of benzene rings is 1. The van der Waals surface area contributed by atoms with Crippen LogP contribution >= 0.6 is 11.3 Å². The second-order valence-corrected chi connectivity index (χ2v) is 8.91. The summed E-state index contributed by atoms with van der Waals surface area (Å²) >= 11 is 1.34. The van der Waals surface area contributed by atoms with Gasteiger partial charge in [0.2, 0.25) is 0 Å². The van der Waals surface area contributed by atoms with Crippen LogP contribution in [0.2, 0.25) is 0 Å². The van der Waals surface area contributed by atoms with Crippen LogP contribution in [0.25, 0.3) is 0 Å². The zero-order chi connectivity index (χ0) is 20.3. The van der Waals surface area contributed by atoms with Crippen molar-refractivity contribution in [2.45, 2.75) is 49.9 Å². The number of carbonyl (C=O) groups excluding carboxylic acids is 1. The van der Waals surface area contributed by atoms with Gasteiger partial charge < -0.3 is 5.32 Å². The van der Waals surface area contributed by atoms with Crippen molar-refractivity contribution >= 4 is 23.2 Å². The summed E-state index contributed by atoms with van der Waals surface area (Å²) in [7, 11) is 0. The fourth-order valence-corrected chi connectivity index (χ4v) is 4.73. The lowest BCUT2D eigenvalue weighted by atomic mass is 9.78. The number of nitrogens with zero attached hydrogens (tertiary/aromatic N) is 2. The van der Waals surface area contributed by atoms with Crippen LogP contribution in [-0.4, -0.2) is 17.6 Å². The van der Waals surface area contributed by atoms with Crippen LogP contribution in [-0.2, 0) is 5.41 Å². The molecule has 6 heteroatoms. The molecule has 4 rings (SSSR count). The summed E-state index contributed by atoms with van der Waals surface area (Å²) in [6.45, 7) is 0.669. The second-order valence-electron chi connectivity index (χ2n) is 8.05.